The highest BCUT2D eigenvalue weighted by Crippen LogP contribution is 2.26. The number of thioether (sulfide) groups is 1. The molecule has 0 spiro atoms. The van der Waals surface area contributed by atoms with Gasteiger partial charge < -0.3 is 9.47 Å². The molecule has 10 heteroatoms. The normalized spacial score (nSPS) is 11.4. The third-order valence-electron chi connectivity index (χ3n) is 5.47. The summed E-state index contributed by atoms with van der Waals surface area (Å²) in [4.78, 5) is 24.8. The smallest absolute Gasteiger partial charge is 0.276 e. The van der Waals surface area contributed by atoms with Crippen molar-refractivity contribution in [2.24, 2.45) is 0 Å². The number of ether oxygens (including phenoxy) is 2. The number of para-hydroxylation sites is 1. The van der Waals surface area contributed by atoms with E-state index in [0.29, 0.717) is 16.7 Å². The highest BCUT2D eigenvalue weighted by Gasteiger charge is 2.22. The largest absolute Gasteiger partial charge is 0.486 e. The number of carbonyl (C=O) groups excluding carboxylic acids is 2. The molecule has 0 fully saturated rings. The van der Waals surface area contributed by atoms with Crippen molar-refractivity contribution in [3.8, 4) is 17.2 Å². The Hall–Kier alpha value is -4.31. The Morgan fingerprint density at radius 1 is 0.842 bits per heavy atom. The van der Waals surface area contributed by atoms with Gasteiger partial charge in [0.2, 0.25) is 0 Å². The summed E-state index contributed by atoms with van der Waals surface area (Å²) < 4.78 is 13.2. The van der Waals surface area contributed by atoms with Gasteiger partial charge in [-0.05, 0) is 57.2 Å². The summed E-state index contributed by atoms with van der Waals surface area (Å²) >= 11 is 1.22. The van der Waals surface area contributed by atoms with Crippen molar-refractivity contribution in [3.05, 3.63) is 95.8 Å². The lowest BCUT2D eigenvalue weighted by Gasteiger charge is -2.15. The third-order valence-corrected chi connectivity index (χ3v) is 6.51. The molecule has 0 unspecified atom stereocenters. The zero-order chi connectivity index (χ0) is 26.9. The average molecular weight is 532 g/mol. The quantitative estimate of drug-likeness (QED) is 0.234. The molecule has 2 N–H and O–H groups in total. The number of nitrogens with zero attached hydrogens (tertiary/aromatic N) is 3. The molecule has 0 radical (unpaired) electrons. The predicted octanol–water partition coefficient (Wildman–Crippen LogP) is 4.17. The van der Waals surface area contributed by atoms with Gasteiger partial charge in [-0.2, -0.15) is 0 Å². The van der Waals surface area contributed by atoms with Crippen LogP contribution in [0.1, 0.15) is 23.9 Å². The van der Waals surface area contributed by atoms with E-state index in [-0.39, 0.29) is 13.2 Å². The lowest BCUT2D eigenvalue weighted by molar-refractivity contribution is -0.129. The van der Waals surface area contributed by atoms with Gasteiger partial charge in [0, 0.05) is 5.69 Å². The fourth-order valence-corrected chi connectivity index (χ4v) is 4.24. The molecular formula is C28H29N5O4S. The average Bonchev–Trinajstić information content (AvgIpc) is 3.33. The van der Waals surface area contributed by atoms with Crippen LogP contribution in [-0.4, -0.2) is 38.4 Å². The van der Waals surface area contributed by atoms with Crippen LogP contribution >= 0.6 is 11.8 Å². The van der Waals surface area contributed by atoms with E-state index in [1.165, 1.54) is 11.8 Å². The number of rotatable bonds is 10. The number of hydrazine groups is 1. The second-order valence-corrected chi connectivity index (χ2v) is 9.88. The SMILES string of the molecule is Cc1ccc(OCC(=O)NNC(=O)[C@H](C)Sc2nnc(COc3ccc(C)cc3)n2-c2ccccc2)cc1. The van der Waals surface area contributed by atoms with E-state index >= 15 is 0 Å². The Labute approximate surface area is 225 Å². The molecule has 38 heavy (non-hydrogen) atoms. The minimum absolute atomic E-state index is 0.198. The van der Waals surface area contributed by atoms with Gasteiger partial charge in [0.25, 0.3) is 11.8 Å². The Balaban J connectivity index is 1.36. The van der Waals surface area contributed by atoms with Gasteiger partial charge in [0.15, 0.2) is 17.6 Å². The van der Waals surface area contributed by atoms with Crippen molar-refractivity contribution in [1.29, 1.82) is 0 Å². The predicted molar refractivity (Wildman–Crippen MR) is 145 cm³/mol. The number of hydrogen-bond donors (Lipinski definition) is 2. The van der Waals surface area contributed by atoms with E-state index < -0.39 is 17.1 Å². The molecule has 1 aromatic heterocycles. The Morgan fingerprint density at radius 2 is 1.45 bits per heavy atom. The van der Waals surface area contributed by atoms with Crippen molar-refractivity contribution in [2.75, 3.05) is 6.61 Å². The van der Waals surface area contributed by atoms with E-state index in [2.05, 4.69) is 21.0 Å². The summed E-state index contributed by atoms with van der Waals surface area (Å²) in [7, 11) is 0. The molecule has 0 aliphatic rings. The van der Waals surface area contributed by atoms with Crippen molar-refractivity contribution < 1.29 is 19.1 Å². The molecule has 0 bridgehead atoms. The Kier molecular flexibility index (Phi) is 8.99. The summed E-state index contributed by atoms with van der Waals surface area (Å²) in [6.45, 7) is 5.68. The summed E-state index contributed by atoms with van der Waals surface area (Å²) in [5.41, 5.74) is 7.91. The number of benzene rings is 3. The fourth-order valence-electron chi connectivity index (χ4n) is 3.35. The Morgan fingerprint density at radius 3 is 2.08 bits per heavy atom. The summed E-state index contributed by atoms with van der Waals surface area (Å²) in [6, 6.07) is 24.7. The summed E-state index contributed by atoms with van der Waals surface area (Å²) in [6.07, 6.45) is 0. The van der Waals surface area contributed by atoms with Crippen LogP contribution in [-0.2, 0) is 16.2 Å². The monoisotopic (exact) mass is 531 g/mol. The van der Waals surface area contributed by atoms with Crippen LogP contribution in [0.15, 0.2) is 84.0 Å². The Bertz CT molecular complexity index is 1360. The van der Waals surface area contributed by atoms with Crippen molar-refractivity contribution in [2.45, 2.75) is 37.8 Å². The molecule has 0 saturated carbocycles. The van der Waals surface area contributed by atoms with Gasteiger partial charge in [0.05, 0.1) is 5.25 Å². The zero-order valence-electron chi connectivity index (χ0n) is 21.4. The lowest BCUT2D eigenvalue weighted by Crippen LogP contribution is -2.46. The molecule has 0 saturated heterocycles. The fraction of sp³-hybridized carbons (Fsp3) is 0.214. The molecule has 4 aromatic rings. The first-order valence-corrected chi connectivity index (χ1v) is 12.9. The maximum atomic E-state index is 12.7. The number of carbonyl (C=O) groups is 2. The van der Waals surface area contributed by atoms with Crippen LogP contribution in [0.2, 0.25) is 0 Å². The molecule has 0 aliphatic carbocycles. The van der Waals surface area contributed by atoms with Crippen LogP contribution in [0.25, 0.3) is 5.69 Å². The highest BCUT2D eigenvalue weighted by molar-refractivity contribution is 8.00. The number of nitrogens with one attached hydrogen (secondary N) is 2. The van der Waals surface area contributed by atoms with Gasteiger partial charge in [0.1, 0.15) is 18.1 Å². The second-order valence-electron chi connectivity index (χ2n) is 8.57. The van der Waals surface area contributed by atoms with E-state index in [0.717, 1.165) is 22.6 Å². The molecule has 2 amide bonds. The van der Waals surface area contributed by atoms with Crippen LogP contribution in [0, 0.1) is 13.8 Å². The maximum Gasteiger partial charge on any atom is 0.276 e. The number of amides is 2. The molecular weight excluding hydrogens is 502 g/mol. The number of aryl methyl sites for hydroxylation is 2. The van der Waals surface area contributed by atoms with Gasteiger partial charge in [-0.15, -0.1) is 10.2 Å². The molecule has 4 rings (SSSR count). The maximum absolute atomic E-state index is 12.7. The van der Waals surface area contributed by atoms with Gasteiger partial charge in [-0.3, -0.25) is 25.0 Å². The third kappa shape index (κ3) is 7.36. The van der Waals surface area contributed by atoms with Crippen molar-refractivity contribution in [1.82, 2.24) is 25.6 Å². The minimum Gasteiger partial charge on any atom is -0.486 e. The van der Waals surface area contributed by atoms with E-state index in [1.807, 2.05) is 85.1 Å². The molecule has 196 valence electrons. The minimum atomic E-state index is -0.578. The highest BCUT2D eigenvalue weighted by atomic mass is 32.2. The number of hydrogen-bond acceptors (Lipinski definition) is 7. The van der Waals surface area contributed by atoms with Gasteiger partial charge in [-0.25, -0.2) is 0 Å². The molecule has 9 nitrogen and oxygen atoms in total. The molecule has 1 heterocycles. The van der Waals surface area contributed by atoms with E-state index in [4.69, 9.17) is 9.47 Å². The standard InChI is InChI=1S/C28H29N5O4S/c1-19-9-13-23(14-10-19)36-17-25-29-32-28(33(25)22-7-5-4-6-8-22)38-21(3)27(35)31-30-26(34)18-37-24-15-11-20(2)12-16-24/h4-16,21H,17-18H2,1-3H3,(H,30,34)(H,31,35)/t21-/m0/s1. The van der Waals surface area contributed by atoms with Crippen LogP contribution in [0.5, 0.6) is 11.5 Å². The molecule has 1 atom stereocenters. The first-order chi connectivity index (χ1) is 18.4. The van der Waals surface area contributed by atoms with Crippen LogP contribution in [0.4, 0.5) is 0 Å². The zero-order valence-corrected chi connectivity index (χ0v) is 22.2. The first kappa shape index (κ1) is 26.7. The molecule has 3 aromatic carbocycles. The van der Waals surface area contributed by atoms with Gasteiger partial charge >= 0.3 is 0 Å². The summed E-state index contributed by atoms with van der Waals surface area (Å²) in [5, 5.41) is 8.58. The van der Waals surface area contributed by atoms with Gasteiger partial charge in [-0.1, -0.05) is 65.4 Å². The first-order valence-electron chi connectivity index (χ1n) is 12.0. The van der Waals surface area contributed by atoms with Crippen molar-refractivity contribution >= 4 is 23.6 Å². The lowest BCUT2D eigenvalue weighted by atomic mass is 10.2. The van der Waals surface area contributed by atoms with Crippen LogP contribution < -0.4 is 20.3 Å². The second kappa shape index (κ2) is 12.8. The van der Waals surface area contributed by atoms with E-state index in [1.54, 1.807) is 19.1 Å². The molecule has 0 aliphatic heterocycles. The van der Waals surface area contributed by atoms with E-state index in [9.17, 15) is 9.59 Å². The topological polar surface area (TPSA) is 107 Å². The van der Waals surface area contributed by atoms with Crippen LogP contribution in [0.3, 0.4) is 0 Å². The van der Waals surface area contributed by atoms with Crippen molar-refractivity contribution in [3.63, 3.8) is 0 Å². The summed E-state index contributed by atoms with van der Waals surface area (Å²) in [5.74, 6) is 1.02. The number of aromatic nitrogens is 3.